The highest BCUT2D eigenvalue weighted by Crippen LogP contribution is 2.20. The second kappa shape index (κ2) is 6.92. The number of ketones is 1. The number of aliphatic carboxylic acids is 1. The maximum atomic E-state index is 12.6. The number of carbonyl (C=O) groups is 2. The summed E-state index contributed by atoms with van der Waals surface area (Å²) in [4.78, 5) is 25.7. The van der Waals surface area contributed by atoms with Crippen molar-refractivity contribution in [2.24, 2.45) is 0 Å². The van der Waals surface area contributed by atoms with Crippen LogP contribution in [0.3, 0.4) is 0 Å². The summed E-state index contributed by atoms with van der Waals surface area (Å²) in [7, 11) is 0. The molecule has 2 rings (SSSR count). The Labute approximate surface area is 131 Å². The average Bonchev–Trinajstić information content (AvgIpc) is 2.76. The molecule has 0 bridgehead atoms. The molecule has 0 aromatic carbocycles. The Morgan fingerprint density at radius 3 is 2.77 bits per heavy atom. The van der Waals surface area contributed by atoms with Crippen LogP contribution in [0, 0.1) is 13.8 Å². The van der Waals surface area contributed by atoms with Crippen molar-refractivity contribution in [1.29, 1.82) is 0 Å². The fraction of sp³-hybridized carbons (Fsp3) is 0.529. The van der Waals surface area contributed by atoms with E-state index in [4.69, 9.17) is 0 Å². The van der Waals surface area contributed by atoms with Crippen LogP contribution < -0.4 is 0 Å². The van der Waals surface area contributed by atoms with Gasteiger partial charge in [-0.3, -0.25) is 14.5 Å². The van der Waals surface area contributed by atoms with E-state index in [0.717, 1.165) is 24.2 Å². The van der Waals surface area contributed by atoms with Crippen LogP contribution in [0.1, 0.15) is 41.0 Å². The number of carboxylic acid groups (broad SMARTS) is 1. The van der Waals surface area contributed by atoms with Crippen molar-refractivity contribution >= 4 is 11.8 Å². The molecule has 1 saturated heterocycles. The minimum Gasteiger partial charge on any atom is -0.480 e. The number of likely N-dealkylation sites (tertiary alicyclic amines) is 1. The van der Waals surface area contributed by atoms with E-state index >= 15 is 0 Å². The zero-order valence-electron chi connectivity index (χ0n) is 13.3. The molecule has 0 spiro atoms. The van der Waals surface area contributed by atoms with E-state index in [0.29, 0.717) is 25.1 Å². The molecule has 1 N–H and O–H groups in total. The summed E-state index contributed by atoms with van der Waals surface area (Å²) in [6, 6.07) is 1.36. The Morgan fingerprint density at radius 1 is 1.41 bits per heavy atom. The van der Waals surface area contributed by atoms with Crippen LogP contribution in [0.5, 0.6) is 0 Å². The van der Waals surface area contributed by atoms with E-state index in [1.165, 1.54) is 0 Å². The van der Waals surface area contributed by atoms with E-state index in [1.54, 1.807) is 11.0 Å². The van der Waals surface area contributed by atoms with E-state index < -0.39 is 12.0 Å². The molecule has 5 heteroatoms. The number of Topliss-reactive ketones (excluding diaryl/α,β-unsaturated/α-hetero) is 1. The summed E-state index contributed by atoms with van der Waals surface area (Å²) in [5.74, 6) is -0.832. The van der Waals surface area contributed by atoms with Crippen molar-refractivity contribution in [3.05, 3.63) is 35.7 Å². The van der Waals surface area contributed by atoms with Crippen molar-refractivity contribution in [2.75, 3.05) is 13.1 Å². The van der Waals surface area contributed by atoms with Crippen molar-refractivity contribution in [1.82, 2.24) is 9.47 Å². The number of nitrogens with zero attached hydrogens (tertiary/aromatic N) is 2. The highest BCUT2D eigenvalue weighted by molar-refractivity contribution is 5.99. The van der Waals surface area contributed by atoms with E-state index in [-0.39, 0.29) is 12.3 Å². The number of carbonyl (C=O) groups excluding carboxylic acids is 1. The predicted octanol–water partition coefficient (Wildman–Crippen LogP) is 2.41. The largest absolute Gasteiger partial charge is 0.480 e. The van der Waals surface area contributed by atoms with E-state index in [2.05, 4.69) is 6.58 Å². The highest BCUT2D eigenvalue weighted by Gasteiger charge is 2.30. The van der Waals surface area contributed by atoms with Gasteiger partial charge in [0.15, 0.2) is 5.78 Å². The molecule has 5 nitrogen and oxygen atoms in total. The normalized spacial score (nSPS) is 19.1. The van der Waals surface area contributed by atoms with Crippen molar-refractivity contribution in [3.8, 4) is 0 Å². The van der Waals surface area contributed by atoms with Crippen molar-refractivity contribution < 1.29 is 14.7 Å². The topological polar surface area (TPSA) is 62.5 Å². The van der Waals surface area contributed by atoms with Crippen LogP contribution in [0.15, 0.2) is 18.7 Å². The second-order valence-electron chi connectivity index (χ2n) is 5.93. The van der Waals surface area contributed by atoms with Gasteiger partial charge >= 0.3 is 5.97 Å². The maximum Gasteiger partial charge on any atom is 0.320 e. The van der Waals surface area contributed by atoms with Gasteiger partial charge in [-0.15, -0.1) is 6.58 Å². The number of aromatic nitrogens is 1. The van der Waals surface area contributed by atoms with Crippen molar-refractivity contribution in [3.63, 3.8) is 0 Å². The van der Waals surface area contributed by atoms with Gasteiger partial charge in [0.25, 0.3) is 0 Å². The molecular weight excluding hydrogens is 280 g/mol. The van der Waals surface area contributed by atoms with Gasteiger partial charge in [-0.25, -0.2) is 0 Å². The minimum atomic E-state index is -0.829. The SMILES string of the molecule is C=CCn1c(C)cc(C(=O)CN2CCCCC2C(=O)O)c1C. The molecule has 0 saturated carbocycles. The van der Waals surface area contributed by atoms with Crippen LogP contribution in [-0.4, -0.2) is 45.5 Å². The molecule has 0 aliphatic carbocycles. The van der Waals surface area contributed by atoms with Gasteiger partial charge in [0.2, 0.25) is 0 Å². The monoisotopic (exact) mass is 304 g/mol. The first-order valence-corrected chi connectivity index (χ1v) is 7.73. The van der Waals surface area contributed by atoms with E-state index in [9.17, 15) is 14.7 Å². The fourth-order valence-corrected chi connectivity index (χ4v) is 3.22. The van der Waals surface area contributed by atoms with Crippen LogP contribution in [0.4, 0.5) is 0 Å². The molecule has 2 heterocycles. The molecule has 0 amide bonds. The third-order valence-electron chi connectivity index (χ3n) is 4.43. The Bertz CT molecular complexity index is 589. The molecule has 0 radical (unpaired) electrons. The second-order valence-corrected chi connectivity index (χ2v) is 5.93. The summed E-state index contributed by atoms with van der Waals surface area (Å²) in [5.41, 5.74) is 2.63. The van der Waals surface area contributed by atoms with Gasteiger partial charge in [0.05, 0.1) is 6.54 Å². The number of carboxylic acids is 1. The Morgan fingerprint density at radius 2 is 2.14 bits per heavy atom. The van der Waals surface area contributed by atoms with Crippen LogP contribution >= 0.6 is 0 Å². The number of aryl methyl sites for hydroxylation is 1. The molecule has 1 aliphatic heterocycles. The van der Waals surface area contributed by atoms with Gasteiger partial charge in [0, 0.05) is 23.5 Å². The Hall–Kier alpha value is -1.88. The summed E-state index contributed by atoms with van der Waals surface area (Å²) in [5, 5.41) is 9.30. The van der Waals surface area contributed by atoms with Gasteiger partial charge in [-0.2, -0.15) is 0 Å². The Kier molecular flexibility index (Phi) is 5.19. The Balaban J connectivity index is 2.16. The number of allylic oxidation sites excluding steroid dienone is 1. The summed E-state index contributed by atoms with van der Waals surface area (Å²) in [6.45, 7) is 9.15. The first-order valence-electron chi connectivity index (χ1n) is 7.73. The minimum absolute atomic E-state index is 0.00318. The van der Waals surface area contributed by atoms with Crippen LogP contribution in [0.25, 0.3) is 0 Å². The lowest BCUT2D eigenvalue weighted by Gasteiger charge is -2.32. The number of piperidine rings is 1. The van der Waals surface area contributed by atoms with Crippen molar-refractivity contribution in [2.45, 2.75) is 45.7 Å². The van der Waals surface area contributed by atoms with Gasteiger partial charge in [0.1, 0.15) is 6.04 Å². The first kappa shape index (κ1) is 16.5. The smallest absolute Gasteiger partial charge is 0.320 e. The van der Waals surface area contributed by atoms with Gasteiger partial charge in [-0.1, -0.05) is 12.5 Å². The lowest BCUT2D eigenvalue weighted by molar-refractivity contribution is -0.144. The lowest BCUT2D eigenvalue weighted by atomic mass is 10.0. The average molecular weight is 304 g/mol. The number of hydrogen-bond acceptors (Lipinski definition) is 3. The van der Waals surface area contributed by atoms with Gasteiger partial charge in [-0.05, 0) is 39.3 Å². The van der Waals surface area contributed by atoms with Crippen LogP contribution in [0.2, 0.25) is 0 Å². The molecular formula is C17H24N2O3. The van der Waals surface area contributed by atoms with E-state index in [1.807, 2.05) is 24.5 Å². The van der Waals surface area contributed by atoms with Gasteiger partial charge < -0.3 is 9.67 Å². The summed E-state index contributed by atoms with van der Waals surface area (Å²) in [6.07, 6.45) is 4.29. The first-order chi connectivity index (χ1) is 10.5. The summed E-state index contributed by atoms with van der Waals surface area (Å²) < 4.78 is 2.05. The van der Waals surface area contributed by atoms with Crippen LogP contribution in [-0.2, 0) is 11.3 Å². The third kappa shape index (κ3) is 3.30. The summed E-state index contributed by atoms with van der Waals surface area (Å²) >= 11 is 0. The number of hydrogen-bond donors (Lipinski definition) is 1. The quantitative estimate of drug-likeness (QED) is 0.647. The third-order valence-corrected chi connectivity index (χ3v) is 4.43. The molecule has 22 heavy (non-hydrogen) atoms. The molecule has 1 unspecified atom stereocenters. The number of rotatable bonds is 6. The molecule has 1 atom stereocenters. The predicted molar refractivity (Wildman–Crippen MR) is 85.3 cm³/mol. The lowest BCUT2D eigenvalue weighted by Crippen LogP contribution is -2.46. The molecule has 1 fully saturated rings. The standard InChI is InChI=1S/C17H24N2O3/c1-4-8-19-12(2)10-14(13(19)3)16(20)11-18-9-6-5-7-15(18)17(21)22/h4,10,15H,1,5-9,11H2,2-3H3,(H,21,22). The molecule has 1 aliphatic rings. The zero-order chi connectivity index (χ0) is 16.3. The molecule has 1 aromatic heterocycles. The fourth-order valence-electron chi connectivity index (χ4n) is 3.22. The zero-order valence-corrected chi connectivity index (χ0v) is 13.3. The highest BCUT2D eigenvalue weighted by atomic mass is 16.4. The molecule has 1 aromatic rings. The maximum absolute atomic E-state index is 12.6. The molecule has 120 valence electrons.